The first-order valence-corrected chi connectivity index (χ1v) is 6.17. The van der Waals surface area contributed by atoms with E-state index in [0.717, 1.165) is 0 Å². The van der Waals surface area contributed by atoms with Gasteiger partial charge in [-0.15, -0.1) is 11.8 Å². The minimum absolute atomic E-state index is 0.000538. The van der Waals surface area contributed by atoms with Crippen LogP contribution in [0.15, 0.2) is 18.3 Å². The fraction of sp³-hybridized carbons (Fsp3) is 0.300. The summed E-state index contributed by atoms with van der Waals surface area (Å²) in [5.74, 6) is 1.20. The monoisotopic (exact) mass is 252 g/mol. The number of anilines is 2. The van der Waals surface area contributed by atoms with Gasteiger partial charge >= 0.3 is 0 Å². The van der Waals surface area contributed by atoms with Gasteiger partial charge in [0.2, 0.25) is 11.8 Å². The molecule has 0 aromatic carbocycles. The number of pyridine rings is 1. The average molecular weight is 252 g/mol. The van der Waals surface area contributed by atoms with Crippen LogP contribution < -0.4 is 11.1 Å². The van der Waals surface area contributed by atoms with Gasteiger partial charge in [0.1, 0.15) is 12.4 Å². The maximum atomic E-state index is 11.6. The van der Waals surface area contributed by atoms with Gasteiger partial charge in [-0.2, -0.15) is 0 Å². The van der Waals surface area contributed by atoms with Crippen molar-refractivity contribution in [3.8, 4) is 0 Å². The van der Waals surface area contributed by atoms with E-state index in [1.54, 1.807) is 12.1 Å². The first-order valence-electron chi connectivity index (χ1n) is 5.02. The van der Waals surface area contributed by atoms with Gasteiger partial charge < -0.3 is 16.0 Å². The molecule has 0 bridgehead atoms. The molecule has 0 aliphatic carbocycles. The van der Waals surface area contributed by atoms with Gasteiger partial charge in [0.25, 0.3) is 0 Å². The molecule has 3 N–H and O–H groups in total. The highest BCUT2D eigenvalue weighted by Crippen LogP contribution is 2.14. The molecule has 1 aliphatic rings. The molecule has 2 rings (SSSR count). The van der Waals surface area contributed by atoms with Crippen molar-refractivity contribution >= 4 is 35.1 Å². The quantitative estimate of drug-likeness (QED) is 0.798. The molecule has 1 aromatic rings. The Morgan fingerprint density at radius 1 is 1.59 bits per heavy atom. The second kappa shape index (κ2) is 5.05. The van der Waals surface area contributed by atoms with Crippen molar-refractivity contribution in [2.24, 2.45) is 0 Å². The molecule has 17 heavy (non-hydrogen) atoms. The van der Waals surface area contributed by atoms with E-state index < -0.39 is 0 Å². The van der Waals surface area contributed by atoms with E-state index in [-0.39, 0.29) is 18.4 Å². The standard InChI is InChI=1S/C10H12N4O2S/c11-8-2-1-7(3-12-8)13-9(15)4-14-6-17-5-10(14)16/h1-3H,4-6H2,(H2,11,12)(H,13,15). The molecule has 2 heterocycles. The second-order valence-electron chi connectivity index (χ2n) is 3.59. The van der Waals surface area contributed by atoms with Crippen molar-refractivity contribution < 1.29 is 9.59 Å². The van der Waals surface area contributed by atoms with E-state index in [1.807, 2.05) is 0 Å². The highest BCUT2D eigenvalue weighted by Gasteiger charge is 2.22. The molecule has 1 aliphatic heterocycles. The number of hydrogen-bond acceptors (Lipinski definition) is 5. The molecular formula is C10H12N4O2S. The first kappa shape index (κ1) is 11.7. The number of amides is 2. The number of carbonyl (C=O) groups excluding carboxylic acids is 2. The van der Waals surface area contributed by atoms with Crippen LogP contribution in [-0.2, 0) is 9.59 Å². The van der Waals surface area contributed by atoms with Gasteiger partial charge in [0.15, 0.2) is 0 Å². The zero-order valence-corrected chi connectivity index (χ0v) is 9.87. The summed E-state index contributed by atoms with van der Waals surface area (Å²) in [4.78, 5) is 28.3. The number of thioether (sulfide) groups is 1. The summed E-state index contributed by atoms with van der Waals surface area (Å²) < 4.78 is 0. The molecule has 0 spiro atoms. The summed E-state index contributed by atoms with van der Waals surface area (Å²) in [5, 5.41) is 2.66. The predicted molar refractivity (Wildman–Crippen MR) is 66.3 cm³/mol. The molecule has 7 heteroatoms. The van der Waals surface area contributed by atoms with Crippen molar-refractivity contribution in [1.29, 1.82) is 0 Å². The summed E-state index contributed by atoms with van der Waals surface area (Å²) >= 11 is 1.51. The minimum Gasteiger partial charge on any atom is -0.384 e. The van der Waals surface area contributed by atoms with Gasteiger partial charge in [-0.1, -0.05) is 0 Å². The lowest BCUT2D eigenvalue weighted by molar-refractivity contribution is -0.130. The molecule has 0 atom stereocenters. The first-order chi connectivity index (χ1) is 8.15. The molecule has 1 fully saturated rings. The van der Waals surface area contributed by atoms with Crippen LogP contribution in [0.25, 0.3) is 0 Å². The topological polar surface area (TPSA) is 88.3 Å². The van der Waals surface area contributed by atoms with E-state index in [0.29, 0.717) is 23.1 Å². The number of carbonyl (C=O) groups is 2. The van der Waals surface area contributed by atoms with Crippen LogP contribution in [0.4, 0.5) is 11.5 Å². The number of hydrogen-bond donors (Lipinski definition) is 2. The van der Waals surface area contributed by atoms with Crippen molar-refractivity contribution in [1.82, 2.24) is 9.88 Å². The summed E-state index contributed by atoms with van der Waals surface area (Å²) in [7, 11) is 0. The number of nitrogens with two attached hydrogens (primary N) is 1. The van der Waals surface area contributed by atoms with Crippen LogP contribution in [0.1, 0.15) is 0 Å². The van der Waals surface area contributed by atoms with Crippen LogP contribution in [0.2, 0.25) is 0 Å². The lowest BCUT2D eigenvalue weighted by Gasteiger charge is -2.13. The Morgan fingerprint density at radius 2 is 2.41 bits per heavy atom. The molecule has 1 saturated heterocycles. The largest absolute Gasteiger partial charge is 0.384 e. The summed E-state index contributed by atoms with van der Waals surface area (Å²) in [6.07, 6.45) is 1.48. The second-order valence-corrected chi connectivity index (χ2v) is 4.54. The van der Waals surface area contributed by atoms with Crippen LogP contribution >= 0.6 is 11.8 Å². The molecule has 0 unspecified atom stereocenters. The van der Waals surface area contributed by atoms with Crippen molar-refractivity contribution in [2.75, 3.05) is 29.2 Å². The zero-order chi connectivity index (χ0) is 12.3. The summed E-state index contributed by atoms with van der Waals surface area (Å²) in [5.41, 5.74) is 6.00. The molecular weight excluding hydrogens is 240 g/mol. The fourth-order valence-electron chi connectivity index (χ4n) is 1.39. The Hall–Kier alpha value is -1.76. The van der Waals surface area contributed by atoms with E-state index in [1.165, 1.54) is 22.9 Å². The van der Waals surface area contributed by atoms with E-state index in [9.17, 15) is 9.59 Å². The highest BCUT2D eigenvalue weighted by atomic mass is 32.2. The van der Waals surface area contributed by atoms with Crippen LogP contribution in [-0.4, -0.2) is 39.9 Å². The number of nitrogens with one attached hydrogen (secondary N) is 1. The van der Waals surface area contributed by atoms with Gasteiger partial charge in [-0.25, -0.2) is 4.98 Å². The van der Waals surface area contributed by atoms with Crippen molar-refractivity contribution in [2.45, 2.75) is 0 Å². The smallest absolute Gasteiger partial charge is 0.244 e. The third-order valence-electron chi connectivity index (χ3n) is 2.23. The fourth-order valence-corrected chi connectivity index (χ4v) is 2.30. The third-order valence-corrected chi connectivity index (χ3v) is 3.18. The average Bonchev–Trinajstić information content (AvgIpc) is 2.68. The molecule has 1 aromatic heterocycles. The van der Waals surface area contributed by atoms with Crippen molar-refractivity contribution in [3.05, 3.63) is 18.3 Å². The van der Waals surface area contributed by atoms with Crippen molar-refractivity contribution in [3.63, 3.8) is 0 Å². The summed E-state index contributed by atoms with van der Waals surface area (Å²) in [6.45, 7) is 0.0796. The van der Waals surface area contributed by atoms with Gasteiger partial charge in [-0.05, 0) is 12.1 Å². The minimum atomic E-state index is -0.229. The van der Waals surface area contributed by atoms with Gasteiger partial charge in [-0.3, -0.25) is 9.59 Å². The Bertz CT molecular complexity index is 434. The molecule has 0 radical (unpaired) electrons. The lowest BCUT2D eigenvalue weighted by atomic mass is 10.4. The van der Waals surface area contributed by atoms with Crippen LogP contribution in [0.5, 0.6) is 0 Å². The number of nitrogen functional groups attached to an aromatic ring is 1. The lowest BCUT2D eigenvalue weighted by Crippen LogP contribution is -2.34. The zero-order valence-electron chi connectivity index (χ0n) is 9.05. The Balaban J connectivity index is 1.88. The maximum absolute atomic E-state index is 11.6. The number of nitrogens with zero attached hydrogens (tertiary/aromatic N) is 2. The van der Waals surface area contributed by atoms with E-state index in [4.69, 9.17) is 5.73 Å². The van der Waals surface area contributed by atoms with Crippen LogP contribution in [0, 0.1) is 0 Å². The van der Waals surface area contributed by atoms with Gasteiger partial charge in [0, 0.05) is 0 Å². The Kier molecular flexibility index (Phi) is 3.48. The Morgan fingerprint density at radius 3 is 3.00 bits per heavy atom. The molecule has 2 amide bonds. The van der Waals surface area contributed by atoms with Crippen LogP contribution in [0.3, 0.4) is 0 Å². The molecule has 90 valence electrons. The highest BCUT2D eigenvalue weighted by molar-refractivity contribution is 8.00. The predicted octanol–water partition coefficient (Wildman–Crippen LogP) is 0.135. The van der Waals surface area contributed by atoms with E-state index in [2.05, 4.69) is 10.3 Å². The third kappa shape index (κ3) is 3.10. The normalized spacial score (nSPS) is 15.1. The Labute approximate surface area is 103 Å². The molecule has 0 saturated carbocycles. The molecule has 6 nitrogen and oxygen atoms in total. The summed E-state index contributed by atoms with van der Waals surface area (Å²) in [6, 6.07) is 3.27. The SMILES string of the molecule is Nc1ccc(NC(=O)CN2CSCC2=O)cn1. The maximum Gasteiger partial charge on any atom is 0.244 e. The van der Waals surface area contributed by atoms with E-state index >= 15 is 0 Å². The number of aromatic nitrogens is 1. The number of rotatable bonds is 3. The van der Waals surface area contributed by atoms with Gasteiger partial charge in [0.05, 0.1) is 23.5 Å².